The molecule has 0 saturated heterocycles. The van der Waals surface area contributed by atoms with Gasteiger partial charge in [0.15, 0.2) is 0 Å². The van der Waals surface area contributed by atoms with Crippen molar-refractivity contribution in [3.63, 3.8) is 0 Å². The molecule has 0 spiro atoms. The van der Waals surface area contributed by atoms with Crippen molar-refractivity contribution in [2.45, 2.75) is 27.3 Å². The van der Waals surface area contributed by atoms with Crippen LogP contribution >= 0.6 is 11.3 Å². The van der Waals surface area contributed by atoms with Gasteiger partial charge in [-0.05, 0) is 32.9 Å². The third-order valence-corrected chi connectivity index (χ3v) is 4.98. The smallest absolute Gasteiger partial charge is 0.273 e. The van der Waals surface area contributed by atoms with Crippen LogP contribution < -0.4 is 0 Å². The summed E-state index contributed by atoms with van der Waals surface area (Å²) >= 11 is 1.53. The highest BCUT2D eigenvalue weighted by Gasteiger charge is 2.18. The van der Waals surface area contributed by atoms with Crippen molar-refractivity contribution < 1.29 is 4.79 Å². The Bertz CT molecular complexity index is 830. The van der Waals surface area contributed by atoms with Gasteiger partial charge in [-0.2, -0.15) is 0 Å². The Labute approximate surface area is 140 Å². The van der Waals surface area contributed by atoms with Crippen LogP contribution in [0.25, 0.3) is 21.6 Å². The van der Waals surface area contributed by atoms with Crippen LogP contribution in [0, 0.1) is 0 Å². The van der Waals surface area contributed by atoms with Crippen LogP contribution in [0.3, 0.4) is 0 Å². The number of hydrogen-bond donors (Lipinski definition) is 0. The van der Waals surface area contributed by atoms with Gasteiger partial charge < -0.3 is 9.47 Å². The average molecular weight is 327 g/mol. The van der Waals surface area contributed by atoms with E-state index in [1.807, 2.05) is 25.3 Å². The topological polar surface area (TPSA) is 38.1 Å². The highest BCUT2D eigenvalue weighted by atomic mass is 32.1. The molecule has 3 rings (SSSR count). The molecule has 0 radical (unpaired) electrons. The van der Waals surface area contributed by atoms with E-state index >= 15 is 0 Å². The number of rotatable bonds is 5. The van der Waals surface area contributed by atoms with E-state index in [1.54, 1.807) is 4.90 Å². The summed E-state index contributed by atoms with van der Waals surface area (Å²) in [6, 6.07) is 10.5. The maximum absolute atomic E-state index is 12.4. The molecule has 5 heteroatoms. The van der Waals surface area contributed by atoms with E-state index in [0.29, 0.717) is 18.8 Å². The summed E-state index contributed by atoms with van der Waals surface area (Å²) in [4.78, 5) is 18.8. The highest BCUT2D eigenvalue weighted by Crippen LogP contribution is 2.30. The molecule has 2 aromatic heterocycles. The van der Waals surface area contributed by atoms with Gasteiger partial charge in [-0.1, -0.05) is 18.2 Å². The molecule has 1 amide bonds. The minimum Gasteiger partial charge on any atom is -0.339 e. The lowest BCUT2D eigenvalue weighted by atomic mass is 10.2. The molecule has 3 aromatic rings. The molecule has 23 heavy (non-hydrogen) atoms. The number of aromatic nitrogens is 2. The van der Waals surface area contributed by atoms with Gasteiger partial charge in [0.2, 0.25) is 0 Å². The zero-order valence-corrected chi connectivity index (χ0v) is 14.6. The van der Waals surface area contributed by atoms with Crippen molar-refractivity contribution in [1.29, 1.82) is 0 Å². The fourth-order valence-corrected chi connectivity index (χ4v) is 3.71. The molecule has 1 aromatic carbocycles. The van der Waals surface area contributed by atoms with Gasteiger partial charge in [0.05, 0.1) is 5.69 Å². The first kappa shape index (κ1) is 15.7. The Morgan fingerprint density at radius 3 is 2.65 bits per heavy atom. The molecular formula is C18H21N3OS. The van der Waals surface area contributed by atoms with Crippen LogP contribution in [0.1, 0.15) is 31.3 Å². The van der Waals surface area contributed by atoms with Crippen molar-refractivity contribution in [3.05, 3.63) is 41.4 Å². The molecule has 4 nitrogen and oxygen atoms in total. The molecular weight excluding hydrogens is 306 g/mol. The largest absolute Gasteiger partial charge is 0.339 e. The number of fused-ring (bicyclic) bond motifs is 1. The lowest BCUT2D eigenvalue weighted by molar-refractivity contribution is 0.0768. The lowest BCUT2D eigenvalue weighted by Gasteiger charge is -2.16. The number of amides is 1. The van der Waals surface area contributed by atoms with Crippen molar-refractivity contribution >= 4 is 28.1 Å². The Morgan fingerprint density at radius 2 is 1.96 bits per heavy atom. The Kier molecular flexibility index (Phi) is 4.48. The summed E-state index contributed by atoms with van der Waals surface area (Å²) in [5.74, 6) is 0.0108. The zero-order valence-electron chi connectivity index (χ0n) is 13.7. The van der Waals surface area contributed by atoms with Crippen LogP contribution in [0.5, 0.6) is 0 Å². The number of carbonyl (C=O) groups excluding carboxylic acids is 1. The molecule has 0 aliphatic rings. The van der Waals surface area contributed by atoms with E-state index < -0.39 is 0 Å². The summed E-state index contributed by atoms with van der Waals surface area (Å²) in [6.45, 7) is 8.40. The Morgan fingerprint density at radius 1 is 1.22 bits per heavy atom. The van der Waals surface area contributed by atoms with E-state index in [9.17, 15) is 4.79 Å². The Hall–Kier alpha value is -2.14. The second kappa shape index (κ2) is 6.54. The Balaban J connectivity index is 2.02. The van der Waals surface area contributed by atoms with Crippen LogP contribution in [0.15, 0.2) is 35.7 Å². The molecule has 0 atom stereocenters. The predicted octanol–water partition coefficient (Wildman–Crippen LogP) is 4.27. The van der Waals surface area contributed by atoms with E-state index in [1.165, 1.54) is 22.2 Å². The van der Waals surface area contributed by atoms with Crippen molar-refractivity contribution in [2.75, 3.05) is 13.1 Å². The second-order valence-electron chi connectivity index (χ2n) is 5.35. The van der Waals surface area contributed by atoms with Gasteiger partial charge in [0, 0.05) is 35.9 Å². The fourth-order valence-electron chi connectivity index (χ4n) is 2.89. The van der Waals surface area contributed by atoms with Crippen LogP contribution in [-0.4, -0.2) is 33.4 Å². The molecule has 0 bridgehead atoms. The minimum absolute atomic E-state index is 0.0108. The highest BCUT2D eigenvalue weighted by molar-refractivity contribution is 7.13. The number of hydrogen-bond acceptors (Lipinski definition) is 3. The van der Waals surface area contributed by atoms with E-state index in [2.05, 4.69) is 40.7 Å². The van der Waals surface area contributed by atoms with Gasteiger partial charge in [0.1, 0.15) is 10.7 Å². The maximum atomic E-state index is 12.4. The number of aryl methyl sites for hydroxylation is 1. The summed E-state index contributed by atoms with van der Waals surface area (Å²) in [5.41, 5.74) is 2.83. The van der Waals surface area contributed by atoms with Crippen molar-refractivity contribution in [3.8, 4) is 10.7 Å². The average Bonchev–Trinajstić information content (AvgIpc) is 3.20. The number of benzene rings is 1. The first-order valence-electron chi connectivity index (χ1n) is 8.03. The second-order valence-corrected chi connectivity index (χ2v) is 6.21. The van der Waals surface area contributed by atoms with Gasteiger partial charge in [-0.3, -0.25) is 4.79 Å². The third-order valence-electron chi connectivity index (χ3n) is 4.12. The maximum Gasteiger partial charge on any atom is 0.273 e. The van der Waals surface area contributed by atoms with Gasteiger partial charge >= 0.3 is 0 Å². The quantitative estimate of drug-likeness (QED) is 0.702. The van der Waals surface area contributed by atoms with Gasteiger partial charge in [-0.15, -0.1) is 11.3 Å². The van der Waals surface area contributed by atoms with Gasteiger partial charge in [-0.25, -0.2) is 4.98 Å². The molecule has 0 aliphatic carbocycles. The number of carbonyl (C=O) groups is 1. The molecule has 0 unspecified atom stereocenters. The summed E-state index contributed by atoms with van der Waals surface area (Å²) in [7, 11) is 0. The monoisotopic (exact) mass is 327 g/mol. The molecule has 0 aliphatic heterocycles. The minimum atomic E-state index is 0.0108. The third kappa shape index (κ3) is 2.77. The molecule has 0 fully saturated rings. The zero-order chi connectivity index (χ0) is 16.4. The first-order chi connectivity index (χ1) is 11.2. The van der Waals surface area contributed by atoms with Crippen molar-refractivity contribution in [2.24, 2.45) is 0 Å². The molecule has 0 N–H and O–H groups in total. The van der Waals surface area contributed by atoms with E-state index in [-0.39, 0.29) is 5.91 Å². The molecule has 120 valence electrons. The summed E-state index contributed by atoms with van der Waals surface area (Å²) in [5, 5.41) is 3.97. The van der Waals surface area contributed by atoms with Crippen LogP contribution in [0.4, 0.5) is 0 Å². The van der Waals surface area contributed by atoms with E-state index in [4.69, 9.17) is 0 Å². The fraction of sp³-hybridized carbons (Fsp3) is 0.333. The summed E-state index contributed by atoms with van der Waals surface area (Å²) < 4.78 is 2.25. The summed E-state index contributed by atoms with van der Waals surface area (Å²) in [6.07, 6.45) is 0. The van der Waals surface area contributed by atoms with Crippen LogP contribution in [0.2, 0.25) is 0 Å². The standard InChI is InChI=1S/C18H21N3OS/c1-4-20(5-2)18(22)14-12-23-17(19-14)16-11-13-9-7-8-10-15(13)21(16)6-3/h7-12H,4-6H2,1-3H3. The van der Waals surface area contributed by atoms with Crippen LogP contribution in [-0.2, 0) is 6.54 Å². The number of thiazole rings is 1. The molecule has 2 heterocycles. The van der Waals surface area contributed by atoms with Crippen molar-refractivity contribution in [1.82, 2.24) is 14.5 Å². The normalized spacial score (nSPS) is 11.1. The predicted molar refractivity (Wildman–Crippen MR) is 96.0 cm³/mol. The molecule has 0 saturated carbocycles. The number of nitrogens with zero attached hydrogens (tertiary/aromatic N) is 3. The first-order valence-corrected chi connectivity index (χ1v) is 8.91. The SMILES string of the molecule is CCN(CC)C(=O)c1csc(-c2cc3ccccc3n2CC)n1. The van der Waals surface area contributed by atoms with Gasteiger partial charge in [0.25, 0.3) is 5.91 Å². The van der Waals surface area contributed by atoms with E-state index in [0.717, 1.165) is 17.2 Å². The number of para-hydroxylation sites is 1. The lowest BCUT2D eigenvalue weighted by Crippen LogP contribution is -2.30.